The summed E-state index contributed by atoms with van der Waals surface area (Å²) in [5.74, 6) is 0.587. The normalized spacial score (nSPS) is 23.5. The molecule has 0 aliphatic heterocycles. The molecule has 1 aromatic heterocycles. The molecule has 106 valence electrons. The molecule has 1 N–H and O–H groups in total. The second-order valence-corrected chi connectivity index (χ2v) is 7.22. The quantitative estimate of drug-likeness (QED) is 0.878. The second kappa shape index (κ2) is 5.88. The Morgan fingerprint density at radius 3 is 2.95 bits per heavy atom. The van der Waals surface area contributed by atoms with Crippen molar-refractivity contribution >= 4 is 9.84 Å². The second-order valence-electron chi connectivity index (χ2n) is 4.96. The molecule has 1 fully saturated rings. The third-order valence-electron chi connectivity index (χ3n) is 3.60. The number of methoxy groups -OCH3 is 1. The van der Waals surface area contributed by atoms with E-state index in [0.29, 0.717) is 12.4 Å². The van der Waals surface area contributed by atoms with Crippen LogP contribution in [0.3, 0.4) is 0 Å². The molecule has 19 heavy (non-hydrogen) atoms. The van der Waals surface area contributed by atoms with Crippen LogP contribution in [0.1, 0.15) is 24.8 Å². The molecule has 0 amide bonds. The fourth-order valence-electron chi connectivity index (χ4n) is 2.66. The first-order valence-electron chi connectivity index (χ1n) is 6.42. The predicted molar refractivity (Wildman–Crippen MR) is 73.9 cm³/mol. The molecule has 1 heterocycles. The van der Waals surface area contributed by atoms with E-state index in [1.54, 1.807) is 13.3 Å². The lowest BCUT2D eigenvalue weighted by Crippen LogP contribution is -2.39. The van der Waals surface area contributed by atoms with E-state index in [1.807, 2.05) is 12.1 Å². The van der Waals surface area contributed by atoms with Gasteiger partial charge < -0.3 is 10.1 Å². The largest absolute Gasteiger partial charge is 0.481 e. The Balaban J connectivity index is 2.02. The minimum atomic E-state index is -2.98. The Hall–Kier alpha value is -1.14. The van der Waals surface area contributed by atoms with Gasteiger partial charge in [0.05, 0.1) is 12.4 Å². The van der Waals surface area contributed by atoms with Gasteiger partial charge in [0.2, 0.25) is 5.88 Å². The lowest BCUT2D eigenvalue weighted by molar-refractivity contribution is 0.388. The van der Waals surface area contributed by atoms with Crippen LogP contribution in [0.2, 0.25) is 0 Å². The highest BCUT2D eigenvalue weighted by molar-refractivity contribution is 7.91. The fourth-order valence-corrected chi connectivity index (χ4v) is 4.08. The summed E-state index contributed by atoms with van der Waals surface area (Å²) in [6.45, 7) is 0.577. The third-order valence-corrected chi connectivity index (χ3v) is 5.26. The maximum atomic E-state index is 11.7. The Kier molecular flexibility index (Phi) is 4.42. The van der Waals surface area contributed by atoms with Gasteiger partial charge in [0.25, 0.3) is 0 Å². The topological polar surface area (TPSA) is 68.3 Å². The average Bonchev–Trinajstić information content (AvgIpc) is 2.85. The summed E-state index contributed by atoms with van der Waals surface area (Å²) in [6.07, 6.45) is 5.61. The van der Waals surface area contributed by atoms with E-state index in [1.165, 1.54) is 6.26 Å². The number of pyridine rings is 1. The van der Waals surface area contributed by atoms with Crippen molar-refractivity contribution in [2.45, 2.75) is 37.1 Å². The van der Waals surface area contributed by atoms with Crippen LogP contribution in [0.4, 0.5) is 0 Å². The summed E-state index contributed by atoms with van der Waals surface area (Å²) >= 11 is 0. The maximum absolute atomic E-state index is 11.7. The van der Waals surface area contributed by atoms with Crippen LogP contribution in [-0.2, 0) is 16.4 Å². The fraction of sp³-hybridized carbons (Fsp3) is 0.615. The molecule has 1 aromatic rings. The van der Waals surface area contributed by atoms with Crippen molar-refractivity contribution in [2.75, 3.05) is 13.4 Å². The molecule has 0 saturated heterocycles. The van der Waals surface area contributed by atoms with Crippen molar-refractivity contribution in [1.82, 2.24) is 10.3 Å². The molecule has 1 aliphatic carbocycles. The SMILES string of the molecule is COc1ncccc1CNC1CCCC1S(C)(=O)=O. The number of hydrogen-bond donors (Lipinski definition) is 1. The monoisotopic (exact) mass is 284 g/mol. The van der Waals surface area contributed by atoms with Gasteiger partial charge in [-0.05, 0) is 18.9 Å². The minimum absolute atomic E-state index is 0.0277. The van der Waals surface area contributed by atoms with Crippen LogP contribution < -0.4 is 10.1 Å². The third kappa shape index (κ3) is 3.45. The lowest BCUT2D eigenvalue weighted by atomic mass is 10.2. The highest BCUT2D eigenvalue weighted by Crippen LogP contribution is 2.25. The van der Waals surface area contributed by atoms with Gasteiger partial charge in [-0.25, -0.2) is 13.4 Å². The summed E-state index contributed by atoms with van der Waals surface area (Å²) in [4.78, 5) is 4.13. The Bertz CT molecular complexity index is 530. The van der Waals surface area contributed by atoms with Gasteiger partial charge in [-0.3, -0.25) is 0 Å². The molecule has 6 heteroatoms. The summed E-state index contributed by atoms with van der Waals surface area (Å²) in [5.41, 5.74) is 0.948. The van der Waals surface area contributed by atoms with Crippen molar-refractivity contribution in [3.63, 3.8) is 0 Å². The molecular formula is C13H20N2O3S. The number of aromatic nitrogens is 1. The Morgan fingerprint density at radius 1 is 1.47 bits per heavy atom. The van der Waals surface area contributed by atoms with E-state index >= 15 is 0 Å². The predicted octanol–water partition coefficient (Wildman–Crippen LogP) is 1.15. The van der Waals surface area contributed by atoms with E-state index < -0.39 is 9.84 Å². The standard InChI is InChI=1S/C13H20N2O3S/c1-18-13-10(5-4-8-14-13)9-15-11-6-3-7-12(11)19(2,16)17/h4-5,8,11-12,15H,3,6-7,9H2,1-2H3. The first-order valence-corrected chi connectivity index (χ1v) is 8.38. The van der Waals surface area contributed by atoms with Crippen LogP contribution in [0.25, 0.3) is 0 Å². The molecule has 0 radical (unpaired) electrons. The molecule has 2 rings (SSSR count). The zero-order valence-electron chi connectivity index (χ0n) is 11.3. The van der Waals surface area contributed by atoms with Crippen LogP contribution in [0, 0.1) is 0 Å². The van der Waals surface area contributed by atoms with Crippen molar-refractivity contribution in [2.24, 2.45) is 0 Å². The first kappa shape index (κ1) is 14.3. The lowest BCUT2D eigenvalue weighted by Gasteiger charge is -2.20. The van der Waals surface area contributed by atoms with Crippen LogP contribution in [0.5, 0.6) is 5.88 Å². The van der Waals surface area contributed by atoms with E-state index in [-0.39, 0.29) is 11.3 Å². The molecule has 2 atom stereocenters. The average molecular weight is 284 g/mol. The van der Waals surface area contributed by atoms with Crippen LogP contribution in [0.15, 0.2) is 18.3 Å². The molecular weight excluding hydrogens is 264 g/mol. The van der Waals surface area contributed by atoms with Gasteiger partial charge in [0, 0.05) is 30.6 Å². The van der Waals surface area contributed by atoms with Gasteiger partial charge in [-0.2, -0.15) is 0 Å². The van der Waals surface area contributed by atoms with Crippen LogP contribution in [-0.4, -0.2) is 38.1 Å². The highest BCUT2D eigenvalue weighted by Gasteiger charge is 2.34. The van der Waals surface area contributed by atoms with Crippen molar-refractivity contribution in [3.05, 3.63) is 23.9 Å². The summed E-state index contributed by atoms with van der Waals surface area (Å²) < 4.78 is 28.6. The molecule has 1 aliphatic rings. The van der Waals surface area contributed by atoms with Crippen molar-refractivity contribution in [3.8, 4) is 5.88 Å². The van der Waals surface area contributed by atoms with Gasteiger partial charge >= 0.3 is 0 Å². The number of sulfone groups is 1. The number of hydrogen-bond acceptors (Lipinski definition) is 5. The minimum Gasteiger partial charge on any atom is -0.481 e. The van der Waals surface area contributed by atoms with Gasteiger partial charge in [-0.15, -0.1) is 0 Å². The van der Waals surface area contributed by atoms with E-state index in [0.717, 1.165) is 24.8 Å². The smallest absolute Gasteiger partial charge is 0.217 e. The van der Waals surface area contributed by atoms with Gasteiger partial charge in [0.1, 0.15) is 0 Å². The van der Waals surface area contributed by atoms with Gasteiger partial charge in [0.15, 0.2) is 9.84 Å². The molecule has 2 unspecified atom stereocenters. The number of ether oxygens (including phenoxy) is 1. The number of nitrogens with one attached hydrogen (secondary N) is 1. The Morgan fingerprint density at radius 2 is 2.26 bits per heavy atom. The first-order chi connectivity index (χ1) is 9.02. The number of nitrogens with zero attached hydrogens (tertiary/aromatic N) is 1. The van der Waals surface area contributed by atoms with E-state index in [4.69, 9.17) is 4.74 Å². The van der Waals surface area contributed by atoms with Crippen molar-refractivity contribution in [1.29, 1.82) is 0 Å². The molecule has 5 nitrogen and oxygen atoms in total. The molecule has 0 bridgehead atoms. The maximum Gasteiger partial charge on any atom is 0.217 e. The zero-order chi connectivity index (χ0) is 13.9. The summed E-state index contributed by atoms with van der Waals surface area (Å²) in [6, 6.07) is 3.81. The highest BCUT2D eigenvalue weighted by atomic mass is 32.2. The molecule has 0 aromatic carbocycles. The molecule has 0 spiro atoms. The van der Waals surface area contributed by atoms with Crippen LogP contribution >= 0.6 is 0 Å². The summed E-state index contributed by atoms with van der Waals surface area (Å²) in [5, 5.41) is 3.06. The van der Waals surface area contributed by atoms with Crippen molar-refractivity contribution < 1.29 is 13.2 Å². The summed E-state index contributed by atoms with van der Waals surface area (Å²) in [7, 11) is -1.40. The molecule has 1 saturated carbocycles. The zero-order valence-corrected chi connectivity index (χ0v) is 12.1. The van der Waals surface area contributed by atoms with Gasteiger partial charge in [-0.1, -0.05) is 12.5 Å². The number of rotatable bonds is 5. The van der Waals surface area contributed by atoms with E-state index in [2.05, 4.69) is 10.3 Å². The van der Waals surface area contributed by atoms with E-state index in [9.17, 15) is 8.42 Å². The Labute approximate surface area is 114 Å².